The summed E-state index contributed by atoms with van der Waals surface area (Å²) in [5, 5.41) is 0. The number of esters is 1. The van der Waals surface area contributed by atoms with Crippen LogP contribution in [0.25, 0.3) is 0 Å². The number of carbonyl (C=O) groups is 3. The normalized spacial score (nSPS) is 18.9. The summed E-state index contributed by atoms with van der Waals surface area (Å²) in [6, 6.07) is 5.55. The van der Waals surface area contributed by atoms with Crippen LogP contribution in [0.2, 0.25) is 0 Å². The minimum atomic E-state index is -3.14. The maximum absolute atomic E-state index is 12.7. The molecule has 0 radical (unpaired) electrons. The summed E-state index contributed by atoms with van der Waals surface area (Å²) in [6.07, 6.45) is -0.701. The van der Waals surface area contributed by atoms with Crippen molar-refractivity contribution in [2.75, 3.05) is 24.7 Å². The molecule has 28 heavy (non-hydrogen) atoms. The van der Waals surface area contributed by atoms with Gasteiger partial charge in [-0.2, -0.15) is 0 Å². The van der Waals surface area contributed by atoms with Crippen LogP contribution in [-0.4, -0.2) is 67.9 Å². The minimum absolute atomic E-state index is 0.0493. The first-order valence-electron chi connectivity index (χ1n) is 8.86. The Bertz CT molecular complexity index is 853. The lowest BCUT2D eigenvalue weighted by Crippen LogP contribution is -2.46. The van der Waals surface area contributed by atoms with E-state index in [2.05, 4.69) is 0 Å². The zero-order valence-electron chi connectivity index (χ0n) is 15.8. The first kappa shape index (κ1) is 21.7. The van der Waals surface area contributed by atoms with Crippen molar-refractivity contribution < 1.29 is 32.3 Å². The zero-order chi connectivity index (χ0) is 20.9. The number of hydrogen-bond donors (Lipinski definition) is 1. The number of nitrogens with zero attached hydrogens (tertiary/aromatic N) is 1. The van der Waals surface area contributed by atoms with E-state index in [1.807, 2.05) is 0 Å². The summed E-state index contributed by atoms with van der Waals surface area (Å²) in [6.45, 7) is 3.18. The van der Waals surface area contributed by atoms with Gasteiger partial charge in [0.25, 0.3) is 11.8 Å². The van der Waals surface area contributed by atoms with E-state index in [0.717, 1.165) is 0 Å². The van der Waals surface area contributed by atoms with Gasteiger partial charge in [-0.3, -0.25) is 9.59 Å². The van der Waals surface area contributed by atoms with Gasteiger partial charge < -0.3 is 20.1 Å². The van der Waals surface area contributed by atoms with Gasteiger partial charge in [0.2, 0.25) is 0 Å². The SMILES string of the molecule is CCN(C(=O)C(C)OC(=O)c1cccc(OCC(N)=O)c1)C1CCS(=O)(=O)C1. The molecule has 1 aromatic rings. The smallest absolute Gasteiger partial charge is 0.339 e. The van der Waals surface area contributed by atoms with Gasteiger partial charge in [0.05, 0.1) is 17.1 Å². The maximum atomic E-state index is 12.7. The van der Waals surface area contributed by atoms with Crippen LogP contribution in [0.3, 0.4) is 0 Å². The second-order valence-electron chi connectivity index (χ2n) is 6.51. The number of ether oxygens (including phenoxy) is 2. The molecule has 2 N–H and O–H groups in total. The zero-order valence-corrected chi connectivity index (χ0v) is 16.6. The van der Waals surface area contributed by atoms with Crippen LogP contribution >= 0.6 is 0 Å². The first-order chi connectivity index (χ1) is 13.1. The highest BCUT2D eigenvalue weighted by Gasteiger charge is 2.36. The molecule has 1 heterocycles. The topological polar surface area (TPSA) is 133 Å². The van der Waals surface area contributed by atoms with Gasteiger partial charge in [-0.1, -0.05) is 6.07 Å². The lowest BCUT2D eigenvalue weighted by molar-refractivity contribution is -0.141. The summed E-state index contributed by atoms with van der Waals surface area (Å²) in [7, 11) is -3.14. The third kappa shape index (κ3) is 5.69. The lowest BCUT2D eigenvalue weighted by Gasteiger charge is -2.29. The summed E-state index contributed by atoms with van der Waals surface area (Å²) in [4.78, 5) is 37.2. The van der Waals surface area contributed by atoms with Crippen LogP contribution in [0.15, 0.2) is 24.3 Å². The Kier molecular flexibility index (Phi) is 7.00. The highest BCUT2D eigenvalue weighted by Crippen LogP contribution is 2.20. The standard InChI is InChI=1S/C18H24N2O7S/c1-3-20(14-7-8-28(24,25)11-14)17(22)12(2)27-18(23)13-5-4-6-15(9-13)26-10-16(19)21/h4-6,9,12,14H,3,7-8,10-11H2,1-2H3,(H2,19,21). The van der Waals surface area contributed by atoms with Gasteiger partial charge in [-0.15, -0.1) is 0 Å². The van der Waals surface area contributed by atoms with Gasteiger partial charge in [0, 0.05) is 12.6 Å². The van der Waals surface area contributed by atoms with Crippen molar-refractivity contribution in [2.24, 2.45) is 5.73 Å². The van der Waals surface area contributed by atoms with E-state index < -0.39 is 39.8 Å². The molecule has 1 fully saturated rings. The van der Waals surface area contributed by atoms with Crippen LogP contribution < -0.4 is 10.5 Å². The highest BCUT2D eigenvalue weighted by atomic mass is 32.2. The second-order valence-corrected chi connectivity index (χ2v) is 8.74. The number of amides is 2. The Morgan fingerprint density at radius 2 is 2.04 bits per heavy atom. The molecule has 0 spiro atoms. The fourth-order valence-corrected chi connectivity index (χ4v) is 4.73. The van der Waals surface area contributed by atoms with Crippen molar-refractivity contribution in [1.82, 2.24) is 4.90 Å². The molecular formula is C18H24N2O7S. The molecule has 2 amide bonds. The van der Waals surface area contributed by atoms with Crippen LogP contribution in [0, 0.1) is 0 Å². The van der Waals surface area contributed by atoms with Crippen molar-refractivity contribution in [3.63, 3.8) is 0 Å². The largest absolute Gasteiger partial charge is 0.484 e. The van der Waals surface area contributed by atoms with Crippen LogP contribution in [-0.2, 0) is 24.2 Å². The molecular weight excluding hydrogens is 388 g/mol. The summed E-state index contributed by atoms with van der Waals surface area (Å²) < 4.78 is 33.7. The van der Waals surface area contributed by atoms with Gasteiger partial charge in [-0.05, 0) is 38.5 Å². The number of hydrogen-bond acceptors (Lipinski definition) is 7. The fourth-order valence-electron chi connectivity index (χ4n) is 3.00. The molecule has 154 valence electrons. The molecule has 1 aliphatic rings. The molecule has 10 heteroatoms. The number of nitrogens with two attached hydrogens (primary N) is 1. The van der Waals surface area contributed by atoms with Gasteiger partial charge in [0.1, 0.15) is 5.75 Å². The fraction of sp³-hybridized carbons (Fsp3) is 0.500. The first-order valence-corrected chi connectivity index (χ1v) is 10.7. The number of primary amides is 1. The van der Waals surface area contributed by atoms with E-state index in [1.54, 1.807) is 19.1 Å². The van der Waals surface area contributed by atoms with Crippen molar-refractivity contribution in [3.05, 3.63) is 29.8 Å². The Morgan fingerprint density at radius 3 is 2.61 bits per heavy atom. The predicted molar refractivity (Wildman–Crippen MR) is 100 cm³/mol. The molecule has 2 atom stereocenters. The van der Waals surface area contributed by atoms with E-state index >= 15 is 0 Å². The van der Waals surface area contributed by atoms with E-state index in [4.69, 9.17) is 15.2 Å². The molecule has 0 aromatic heterocycles. The Morgan fingerprint density at radius 1 is 1.32 bits per heavy atom. The summed E-state index contributed by atoms with van der Waals surface area (Å²) in [5.74, 6) is -1.60. The molecule has 1 aliphatic heterocycles. The molecule has 2 rings (SSSR count). The quantitative estimate of drug-likeness (QED) is 0.600. The number of likely N-dealkylation sites (N-methyl/N-ethyl adjacent to an activating group) is 1. The summed E-state index contributed by atoms with van der Waals surface area (Å²) >= 11 is 0. The number of benzene rings is 1. The Hall–Kier alpha value is -2.62. The van der Waals surface area contributed by atoms with Gasteiger partial charge >= 0.3 is 5.97 Å². The van der Waals surface area contributed by atoms with E-state index in [-0.39, 0.29) is 29.4 Å². The van der Waals surface area contributed by atoms with Crippen molar-refractivity contribution in [2.45, 2.75) is 32.4 Å². The van der Waals surface area contributed by atoms with Gasteiger partial charge in [-0.25, -0.2) is 13.2 Å². The highest BCUT2D eigenvalue weighted by molar-refractivity contribution is 7.91. The molecule has 0 aliphatic carbocycles. The van der Waals surface area contributed by atoms with E-state index in [9.17, 15) is 22.8 Å². The van der Waals surface area contributed by atoms with Crippen molar-refractivity contribution in [1.29, 1.82) is 0 Å². The second kappa shape index (κ2) is 9.05. The van der Waals surface area contributed by atoms with Crippen molar-refractivity contribution >= 4 is 27.6 Å². The van der Waals surface area contributed by atoms with Crippen LogP contribution in [0.4, 0.5) is 0 Å². The van der Waals surface area contributed by atoms with Gasteiger partial charge in [0.15, 0.2) is 22.5 Å². The average Bonchev–Trinajstić information content (AvgIpc) is 3.00. The lowest BCUT2D eigenvalue weighted by atomic mass is 10.2. The third-order valence-electron chi connectivity index (χ3n) is 4.36. The monoisotopic (exact) mass is 412 g/mol. The predicted octanol–water partition coefficient (Wildman–Crippen LogP) is 0.132. The number of carbonyl (C=O) groups excluding carboxylic acids is 3. The molecule has 2 unspecified atom stereocenters. The van der Waals surface area contributed by atoms with E-state index in [1.165, 1.54) is 24.0 Å². The maximum Gasteiger partial charge on any atom is 0.339 e. The third-order valence-corrected chi connectivity index (χ3v) is 6.11. The molecule has 1 aromatic carbocycles. The Balaban J connectivity index is 2.01. The molecule has 0 bridgehead atoms. The van der Waals surface area contributed by atoms with Crippen LogP contribution in [0.1, 0.15) is 30.6 Å². The van der Waals surface area contributed by atoms with E-state index in [0.29, 0.717) is 13.0 Å². The molecule has 1 saturated heterocycles. The minimum Gasteiger partial charge on any atom is -0.484 e. The van der Waals surface area contributed by atoms with Crippen LogP contribution in [0.5, 0.6) is 5.75 Å². The average molecular weight is 412 g/mol. The summed E-state index contributed by atoms with van der Waals surface area (Å²) in [5.41, 5.74) is 5.16. The molecule has 0 saturated carbocycles. The number of rotatable bonds is 8. The Labute approximate surface area is 163 Å². The molecule has 9 nitrogen and oxygen atoms in total. The number of sulfone groups is 1. The van der Waals surface area contributed by atoms with Crippen molar-refractivity contribution in [3.8, 4) is 5.75 Å².